The topological polar surface area (TPSA) is 81.9 Å². The smallest absolute Gasteiger partial charge is 0.236 e. The molecular formula is C26H29N5O2S2. The van der Waals surface area contributed by atoms with Crippen molar-refractivity contribution in [2.75, 3.05) is 11.1 Å². The van der Waals surface area contributed by atoms with Crippen molar-refractivity contribution < 1.29 is 9.53 Å². The Hall–Kier alpha value is -3.17. The third-order valence-corrected chi connectivity index (χ3v) is 7.69. The standard InChI is InChI=1S/C26H29N5O2S2/c1-15-7-9-20(11-17(15)3)22-13-34-25(27-22)28-23(32)14-35-26-30-29-24(31(26)6)19(5)33-21-10-8-16(2)18(4)12-21/h7-13,19H,14H2,1-6H3,(H,27,28,32). The number of benzene rings is 2. The number of aryl methyl sites for hydroxylation is 4. The fourth-order valence-electron chi connectivity index (χ4n) is 3.50. The van der Waals surface area contributed by atoms with Gasteiger partial charge in [-0.15, -0.1) is 21.5 Å². The van der Waals surface area contributed by atoms with Crippen LogP contribution in [0.25, 0.3) is 11.3 Å². The maximum atomic E-state index is 12.5. The molecule has 9 heteroatoms. The fourth-order valence-corrected chi connectivity index (χ4v) is 4.95. The molecule has 1 amide bonds. The van der Waals surface area contributed by atoms with Gasteiger partial charge in [0.15, 0.2) is 22.2 Å². The lowest BCUT2D eigenvalue weighted by molar-refractivity contribution is -0.113. The van der Waals surface area contributed by atoms with Crippen LogP contribution in [-0.2, 0) is 11.8 Å². The molecule has 35 heavy (non-hydrogen) atoms. The first-order valence-corrected chi connectivity index (χ1v) is 13.2. The molecule has 182 valence electrons. The van der Waals surface area contributed by atoms with Gasteiger partial charge in [-0.25, -0.2) is 4.98 Å². The normalized spacial score (nSPS) is 11.9. The van der Waals surface area contributed by atoms with Crippen molar-refractivity contribution in [1.82, 2.24) is 19.7 Å². The van der Waals surface area contributed by atoms with Crippen molar-refractivity contribution in [3.63, 3.8) is 0 Å². The summed E-state index contributed by atoms with van der Waals surface area (Å²) in [6.45, 7) is 10.2. The summed E-state index contributed by atoms with van der Waals surface area (Å²) < 4.78 is 7.93. The molecule has 0 aliphatic rings. The average molecular weight is 508 g/mol. The number of nitrogens with zero attached hydrogens (tertiary/aromatic N) is 4. The van der Waals surface area contributed by atoms with E-state index in [-0.39, 0.29) is 17.8 Å². The molecule has 0 radical (unpaired) electrons. The Morgan fingerprint density at radius 2 is 1.77 bits per heavy atom. The van der Waals surface area contributed by atoms with Crippen LogP contribution in [0.2, 0.25) is 0 Å². The molecule has 2 heterocycles. The van der Waals surface area contributed by atoms with Gasteiger partial charge in [0.1, 0.15) is 5.75 Å². The highest BCUT2D eigenvalue weighted by molar-refractivity contribution is 7.99. The zero-order chi connectivity index (χ0) is 25.1. The van der Waals surface area contributed by atoms with Gasteiger partial charge < -0.3 is 14.6 Å². The van der Waals surface area contributed by atoms with Crippen LogP contribution in [0.5, 0.6) is 5.75 Å². The maximum absolute atomic E-state index is 12.5. The van der Waals surface area contributed by atoms with Gasteiger partial charge in [0.25, 0.3) is 0 Å². The van der Waals surface area contributed by atoms with Crippen LogP contribution in [-0.4, -0.2) is 31.4 Å². The summed E-state index contributed by atoms with van der Waals surface area (Å²) in [6, 6.07) is 12.3. The molecule has 0 aliphatic carbocycles. The van der Waals surface area contributed by atoms with E-state index in [1.807, 2.05) is 42.1 Å². The molecule has 4 rings (SSSR count). The summed E-state index contributed by atoms with van der Waals surface area (Å²) in [5.41, 5.74) is 6.76. The van der Waals surface area contributed by atoms with Crippen LogP contribution in [0, 0.1) is 27.7 Å². The Morgan fingerprint density at radius 3 is 2.49 bits per heavy atom. The number of carbonyl (C=O) groups is 1. The van der Waals surface area contributed by atoms with E-state index < -0.39 is 0 Å². The number of ether oxygens (including phenoxy) is 1. The highest BCUT2D eigenvalue weighted by Crippen LogP contribution is 2.28. The molecule has 0 saturated heterocycles. The van der Waals surface area contributed by atoms with Gasteiger partial charge in [-0.05, 0) is 75.1 Å². The van der Waals surface area contributed by atoms with E-state index in [0.717, 1.165) is 17.0 Å². The van der Waals surface area contributed by atoms with Gasteiger partial charge in [-0.3, -0.25) is 4.79 Å². The van der Waals surface area contributed by atoms with Crippen LogP contribution in [0.1, 0.15) is 41.1 Å². The van der Waals surface area contributed by atoms with Gasteiger partial charge in [0.2, 0.25) is 5.91 Å². The molecule has 0 bridgehead atoms. The van der Waals surface area contributed by atoms with Gasteiger partial charge >= 0.3 is 0 Å². The Balaban J connectivity index is 1.33. The van der Waals surface area contributed by atoms with E-state index in [9.17, 15) is 4.79 Å². The van der Waals surface area contributed by atoms with E-state index in [1.165, 1.54) is 45.4 Å². The number of thioether (sulfide) groups is 1. The SMILES string of the molecule is Cc1ccc(OC(C)c2nnc(SCC(=O)Nc3nc(-c4ccc(C)c(C)c4)cs3)n2C)cc1C. The summed E-state index contributed by atoms with van der Waals surface area (Å²) in [4.78, 5) is 17.1. The van der Waals surface area contributed by atoms with Crippen LogP contribution < -0.4 is 10.1 Å². The molecule has 0 spiro atoms. The number of hydrogen-bond acceptors (Lipinski definition) is 7. The third-order valence-electron chi connectivity index (χ3n) is 5.91. The first kappa shape index (κ1) is 24.9. The summed E-state index contributed by atoms with van der Waals surface area (Å²) >= 11 is 2.74. The molecule has 7 nitrogen and oxygen atoms in total. The summed E-state index contributed by atoms with van der Waals surface area (Å²) in [5, 5.41) is 14.6. The molecule has 2 aromatic carbocycles. The second kappa shape index (κ2) is 10.6. The molecule has 4 aromatic rings. The number of nitrogens with one attached hydrogen (secondary N) is 1. The monoisotopic (exact) mass is 507 g/mol. The van der Waals surface area contributed by atoms with Crippen molar-refractivity contribution in [1.29, 1.82) is 0 Å². The van der Waals surface area contributed by atoms with Crippen molar-refractivity contribution in [3.05, 3.63) is 69.9 Å². The van der Waals surface area contributed by atoms with E-state index in [1.54, 1.807) is 0 Å². The Morgan fingerprint density at radius 1 is 1.06 bits per heavy atom. The third kappa shape index (κ3) is 5.91. The van der Waals surface area contributed by atoms with Crippen molar-refractivity contribution in [2.45, 2.75) is 45.9 Å². The molecule has 0 saturated carbocycles. The quantitative estimate of drug-likeness (QED) is 0.293. The van der Waals surface area contributed by atoms with Crippen LogP contribution in [0.4, 0.5) is 5.13 Å². The first-order chi connectivity index (χ1) is 16.7. The highest BCUT2D eigenvalue weighted by atomic mass is 32.2. The van der Waals surface area contributed by atoms with E-state index in [4.69, 9.17) is 4.74 Å². The molecule has 0 aliphatic heterocycles. The summed E-state index contributed by atoms with van der Waals surface area (Å²) in [5.74, 6) is 1.56. The van der Waals surface area contributed by atoms with E-state index in [0.29, 0.717) is 16.1 Å². The maximum Gasteiger partial charge on any atom is 0.236 e. The molecule has 1 unspecified atom stereocenters. The molecule has 2 aromatic heterocycles. The van der Waals surface area contributed by atoms with E-state index in [2.05, 4.69) is 66.4 Å². The number of hydrogen-bond donors (Lipinski definition) is 1. The lowest BCUT2D eigenvalue weighted by Gasteiger charge is -2.15. The number of thiazole rings is 1. The molecule has 1 N–H and O–H groups in total. The molecule has 0 fully saturated rings. The average Bonchev–Trinajstić information content (AvgIpc) is 3.43. The zero-order valence-corrected chi connectivity index (χ0v) is 22.4. The zero-order valence-electron chi connectivity index (χ0n) is 20.7. The van der Waals surface area contributed by atoms with Crippen LogP contribution >= 0.6 is 23.1 Å². The predicted molar refractivity (Wildman–Crippen MR) is 142 cm³/mol. The van der Waals surface area contributed by atoms with Gasteiger partial charge in [-0.2, -0.15) is 0 Å². The van der Waals surface area contributed by atoms with Crippen molar-refractivity contribution in [2.24, 2.45) is 7.05 Å². The number of carbonyl (C=O) groups excluding carboxylic acids is 1. The second-order valence-electron chi connectivity index (χ2n) is 8.58. The number of amides is 1. The van der Waals surface area contributed by atoms with Gasteiger partial charge in [0, 0.05) is 18.0 Å². The summed E-state index contributed by atoms with van der Waals surface area (Å²) in [7, 11) is 1.88. The minimum Gasteiger partial charge on any atom is -0.483 e. The van der Waals surface area contributed by atoms with Gasteiger partial charge in [0.05, 0.1) is 11.4 Å². The fraction of sp³-hybridized carbons (Fsp3) is 0.308. The molecular weight excluding hydrogens is 478 g/mol. The minimum absolute atomic E-state index is 0.139. The lowest BCUT2D eigenvalue weighted by atomic mass is 10.1. The minimum atomic E-state index is -0.281. The Bertz CT molecular complexity index is 1360. The van der Waals surface area contributed by atoms with Crippen LogP contribution in [0.15, 0.2) is 46.9 Å². The highest BCUT2D eigenvalue weighted by Gasteiger charge is 2.18. The van der Waals surface area contributed by atoms with Crippen molar-refractivity contribution >= 4 is 34.1 Å². The number of anilines is 1. The largest absolute Gasteiger partial charge is 0.483 e. The lowest BCUT2D eigenvalue weighted by Crippen LogP contribution is -2.14. The van der Waals surface area contributed by atoms with Crippen molar-refractivity contribution in [3.8, 4) is 17.0 Å². The predicted octanol–water partition coefficient (Wildman–Crippen LogP) is 6.04. The van der Waals surface area contributed by atoms with Crippen LogP contribution in [0.3, 0.4) is 0 Å². The Kier molecular flexibility index (Phi) is 7.57. The first-order valence-electron chi connectivity index (χ1n) is 11.3. The summed E-state index contributed by atoms with van der Waals surface area (Å²) in [6.07, 6.45) is -0.281. The molecule has 1 atom stereocenters. The number of rotatable bonds is 8. The van der Waals surface area contributed by atoms with Gasteiger partial charge in [-0.1, -0.05) is 30.0 Å². The second-order valence-corrected chi connectivity index (χ2v) is 10.4. The van der Waals surface area contributed by atoms with E-state index >= 15 is 0 Å². The number of aromatic nitrogens is 4. The Labute approximate surface area is 214 Å².